The van der Waals surface area contributed by atoms with E-state index in [1.165, 1.54) is 6.92 Å². The maximum atomic E-state index is 10.5. The van der Waals surface area contributed by atoms with Crippen molar-refractivity contribution in [2.24, 2.45) is 0 Å². The summed E-state index contributed by atoms with van der Waals surface area (Å²) >= 11 is 2.21. The first kappa shape index (κ1) is 8.04. The predicted octanol–water partition coefficient (Wildman–Crippen LogP) is 2.03. The molecule has 0 aliphatic heterocycles. The van der Waals surface area contributed by atoms with Gasteiger partial charge in [-0.05, 0) is 35.4 Å². The van der Waals surface area contributed by atoms with Crippen molar-refractivity contribution in [3.8, 4) is 0 Å². The zero-order valence-electron chi connectivity index (χ0n) is 5.76. The number of hydrogen-bond donors (Lipinski definition) is 0. The van der Waals surface area contributed by atoms with E-state index < -0.39 is 0 Å². The Bertz CT molecular complexity index is 174. The zero-order chi connectivity index (χ0) is 7.56. The average Bonchev–Trinajstić information content (AvgIpc) is 2.15. The number of ether oxygens (including phenoxy) is 1. The van der Waals surface area contributed by atoms with Gasteiger partial charge < -0.3 is 4.74 Å². The van der Waals surface area contributed by atoms with Gasteiger partial charge in [0.1, 0.15) is 6.10 Å². The van der Waals surface area contributed by atoms with Crippen LogP contribution in [0.2, 0.25) is 0 Å². The summed E-state index contributed by atoms with van der Waals surface area (Å²) in [6, 6.07) is 0. The van der Waals surface area contributed by atoms with Crippen molar-refractivity contribution in [3.63, 3.8) is 0 Å². The van der Waals surface area contributed by atoms with Gasteiger partial charge in [-0.25, -0.2) is 0 Å². The van der Waals surface area contributed by atoms with Crippen LogP contribution in [0.15, 0.2) is 9.66 Å². The van der Waals surface area contributed by atoms with Gasteiger partial charge in [0.15, 0.2) is 0 Å². The largest absolute Gasteiger partial charge is 0.457 e. The summed E-state index contributed by atoms with van der Waals surface area (Å²) in [6.07, 6.45) is 4.15. The van der Waals surface area contributed by atoms with Crippen LogP contribution in [0, 0.1) is 0 Å². The summed E-state index contributed by atoms with van der Waals surface area (Å²) in [5, 5.41) is 0. The lowest BCUT2D eigenvalue weighted by Crippen LogP contribution is -2.12. The minimum absolute atomic E-state index is 0.0538. The molecule has 0 fully saturated rings. The van der Waals surface area contributed by atoms with E-state index in [0.717, 1.165) is 16.4 Å². The van der Waals surface area contributed by atoms with Crippen LogP contribution in [0.4, 0.5) is 0 Å². The molecule has 0 N–H and O–H groups in total. The highest BCUT2D eigenvalue weighted by Crippen LogP contribution is 2.26. The first-order chi connectivity index (χ1) is 4.70. The highest BCUT2D eigenvalue weighted by Gasteiger charge is 2.18. The average molecular weight is 252 g/mol. The number of rotatable bonds is 1. The van der Waals surface area contributed by atoms with Gasteiger partial charge in [-0.1, -0.05) is 6.08 Å². The van der Waals surface area contributed by atoms with Crippen LogP contribution >= 0.6 is 22.6 Å². The Hall–Kier alpha value is -0.0600. The first-order valence-electron chi connectivity index (χ1n) is 3.23. The Morgan fingerprint density at radius 1 is 1.90 bits per heavy atom. The summed E-state index contributed by atoms with van der Waals surface area (Å²) in [4.78, 5) is 10.5. The van der Waals surface area contributed by atoms with E-state index in [9.17, 15) is 4.79 Å². The molecule has 1 aliphatic carbocycles. The van der Waals surface area contributed by atoms with Crippen LogP contribution in [0.3, 0.4) is 0 Å². The zero-order valence-corrected chi connectivity index (χ0v) is 7.92. The number of esters is 1. The normalized spacial score (nSPS) is 24.2. The molecule has 0 aromatic rings. The van der Waals surface area contributed by atoms with Gasteiger partial charge in [-0.15, -0.1) is 0 Å². The third-order valence-electron chi connectivity index (χ3n) is 1.38. The second-order valence-corrected chi connectivity index (χ2v) is 3.51. The molecular formula is C7H9IO2. The quantitative estimate of drug-likeness (QED) is 0.527. The van der Waals surface area contributed by atoms with E-state index >= 15 is 0 Å². The molecule has 0 spiro atoms. The van der Waals surface area contributed by atoms with Crippen LogP contribution in [-0.4, -0.2) is 12.1 Å². The lowest BCUT2D eigenvalue weighted by atomic mass is 10.3. The van der Waals surface area contributed by atoms with Crippen molar-refractivity contribution in [2.75, 3.05) is 0 Å². The molecule has 1 atom stereocenters. The summed E-state index contributed by atoms with van der Waals surface area (Å²) in [6.45, 7) is 1.45. The molecule has 0 bridgehead atoms. The molecular weight excluding hydrogens is 243 g/mol. The number of halogens is 1. The maximum absolute atomic E-state index is 10.5. The monoisotopic (exact) mass is 252 g/mol. The first-order valence-corrected chi connectivity index (χ1v) is 4.31. The third-order valence-corrected chi connectivity index (χ3v) is 2.52. The minimum Gasteiger partial charge on any atom is -0.457 e. The van der Waals surface area contributed by atoms with Crippen LogP contribution in [0.25, 0.3) is 0 Å². The Morgan fingerprint density at radius 2 is 2.60 bits per heavy atom. The van der Waals surface area contributed by atoms with Gasteiger partial charge in [-0.2, -0.15) is 0 Å². The Kier molecular flexibility index (Phi) is 2.71. The summed E-state index contributed by atoms with van der Waals surface area (Å²) < 4.78 is 6.17. The van der Waals surface area contributed by atoms with Gasteiger partial charge in [0, 0.05) is 10.5 Å². The highest BCUT2D eigenvalue weighted by molar-refractivity contribution is 14.1. The number of carbonyl (C=O) groups is 1. The van der Waals surface area contributed by atoms with Gasteiger partial charge >= 0.3 is 5.97 Å². The SMILES string of the molecule is CC(=O)O[C@@H]1CCC=C1I. The van der Waals surface area contributed by atoms with Gasteiger partial charge in [0.2, 0.25) is 0 Å². The Labute approximate surface area is 73.8 Å². The smallest absolute Gasteiger partial charge is 0.303 e. The predicted molar refractivity (Wildman–Crippen MR) is 46.9 cm³/mol. The molecule has 0 aromatic carbocycles. The van der Waals surface area contributed by atoms with Crippen molar-refractivity contribution >= 4 is 28.6 Å². The molecule has 1 aliphatic rings. The Balaban J connectivity index is 2.43. The van der Waals surface area contributed by atoms with Gasteiger partial charge in [-0.3, -0.25) is 4.79 Å². The van der Waals surface area contributed by atoms with E-state index in [1.807, 2.05) is 0 Å². The fourth-order valence-electron chi connectivity index (χ4n) is 0.957. The van der Waals surface area contributed by atoms with Crippen molar-refractivity contribution in [3.05, 3.63) is 9.66 Å². The van der Waals surface area contributed by atoms with E-state index in [2.05, 4.69) is 28.7 Å². The van der Waals surface area contributed by atoms with E-state index in [4.69, 9.17) is 4.74 Å². The Morgan fingerprint density at radius 3 is 3.00 bits per heavy atom. The molecule has 0 amide bonds. The molecule has 3 heteroatoms. The van der Waals surface area contributed by atoms with Crippen LogP contribution in [0.1, 0.15) is 19.8 Å². The number of carbonyl (C=O) groups excluding carboxylic acids is 1. The molecule has 2 nitrogen and oxygen atoms in total. The summed E-state index contributed by atoms with van der Waals surface area (Å²) in [7, 11) is 0. The molecule has 0 aromatic heterocycles. The number of hydrogen-bond acceptors (Lipinski definition) is 2. The molecule has 1 rings (SSSR count). The number of allylic oxidation sites excluding steroid dienone is 1. The molecule has 10 heavy (non-hydrogen) atoms. The minimum atomic E-state index is -0.186. The maximum Gasteiger partial charge on any atom is 0.303 e. The lowest BCUT2D eigenvalue weighted by Gasteiger charge is -2.09. The molecule has 0 heterocycles. The standard InChI is InChI=1S/C7H9IO2/c1-5(9)10-7-4-2-3-6(7)8/h3,7H,2,4H2,1H3/t7-/m1/s1. The van der Waals surface area contributed by atoms with Crippen LogP contribution in [-0.2, 0) is 9.53 Å². The third kappa shape index (κ3) is 1.97. The highest BCUT2D eigenvalue weighted by atomic mass is 127. The van der Waals surface area contributed by atoms with E-state index in [-0.39, 0.29) is 12.1 Å². The van der Waals surface area contributed by atoms with Crippen LogP contribution in [0.5, 0.6) is 0 Å². The van der Waals surface area contributed by atoms with Crippen molar-refractivity contribution < 1.29 is 9.53 Å². The van der Waals surface area contributed by atoms with Gasteiger partial charge in [0.25, 0.3) is 0 Å². The fourth-order valence-corrected chi connectivity index (χ4v) is 1.71. The lowest BCUT2D eigenvalue weighted by molar-refractivity contribution is -0.144. The molecule has 56 valence electrons. The fraction of sp³-hybridized carbons (Fsp3) is 0.571. The summed E-state index contributed by atoms with van der Waals surface area (Å²) in [5.41, 5.74) is 0. The molecule has 0 saturated carbocycles. The van der Waals surface area contributed by atoms with E-state index in [1.54, 1.807) is 0 Å². The van der Waals surface area contributed by atoms with Crippen molar-refractivity contribution in [2.45, 2.75) is 25.9 Å². The summed E-state index contributed by atoms with van der Waals surface area (Å²) in [5.74, 6) is -0.186. The van der Waals surface area contributed by atoms with Gasteiger partial charge in [0.05, 0.1) is 0 Å². The van der Waals surface area contributed by atoms with E-state index in [0.29, 0.717) is 0 Å². The second kappa shape index (κ2) is 3.37. The molecule has 0 unspecified atom stereocenters. The second-order valence-electron chi connectivity index (χ2n) is 2.26. The molecule has 0 radical (unpaired) electrons. The molecule has 0 saturated heterocycles. The van der Waals surface area contributed by atoms with Crippen molar-refractivity contribution in [1.82, 2.24) is 0 Å². The van der Waals surface area contributed by atoms with Crippen molar-refractivity contribution in [1.29, 1.82) is 0 Å². The topological polar surface area (TPSA) is 26.3 Å². The van der Waals surface area contributed by atoms with Crippen LogP contribution < -0.4 is 0 Å².